The molecule has 0 heterocycles. The minimum atomic E-state index is -1.58. The second-order valence-electron chi connectivity index (χ2n) is 3.52. The standard InChI is InChI=1S/C9H14FN/c1-9(10,7-11)8-5-3-2-4-6-8/h8H,2-6H2,1H3/t9-/m0/s1. The minimum absolute atomic E-state index is 0.0127. The van der Waals surface area contributed by atoms with Crippen LogP contribution in [0.1, 0.15) is 39.0 Å². The Morgan fingerprint density at radius 2 is 1.91 bits per heavy atom. The highest BCUT2D eigenvalue weighted by atomic mass is 19.1. The smallest absolute Gasteiger partial charge is 0.196 e. The molecule has 1 saturated carbocycles. The lowest BCUT2D eigenvalue weighted by atomic mass is 9.80. The van der Waals surface area contributed by atoms with Gasteiger partial charge in [-0.25, -0.2) is 4.39 Å². The lowest BCUT2D eigenvalue weighted by molar-refractivity contribution is 0.131. The molecular formula is C9H14FN. The van der Waals surface area contributed by atoms with Crippen molar-refractivity contribution in [3.05, 3.63) is 0 Å². The summed E-state index contributed by atoms with van der Waals surface area (Å²) in [5, 5.41) is 8.52. The molecule has 1 fully saturated rings. The lowest BCUT2D eigenvalue weighted by Crippen LogP contribution is -2.29. The molecule has 0 N–H and O–H groups in total. The van der Waals surface area contributed by atoms with Crippen molar-refractivity contribution in [3.8, 4) is 6.07 Å². The molecule has 0 saturated heterocycles. The van der Waals surface area contributed by atoms with Crippen LogP contribution < -0.4 is 0 Å². The molecule has 1 nitrogen and oxygen atoms in total. The first-order valence-corrected chi connectivity index (χ1v) is 4.27. The van der Waals surface area contributed by atoms with Gasteiger partial charge in [-0.15, -0.1) is 0 Å². The Morgan fingerprint density at radius 1 is 1.36 bits per heavy atom. The molecule has 11 heavy (non-hydrogen) atoms. The quantitative estimate of drug-likeness (QED) is 0.571. The summed E-state index contributed by atoms with van der Waals surface area (Å²) in [6, 6.07) is 1.74. The first-order chi connectivity index (χ1) is 5.17. The van der Waals surface area contributed by atoms with Gasteiger partial charge in [-0.1, -0.05) is 19.3 Å². The second-order valence-corrected chi connectivity index (χ2v) is 3.52. The Labute approximate surface area is 67.2 Å². The molecule has 0 bridgehead atoms. The van der Waals surface area contributed by atoms with Crippen LogP contribution in [-0.4, -0.2) is 5.67 Å². The first kappa shape index (κ1) is 8.52. The molecule has 0 radical (unpaired) electrons. The third kappa shape index (κ3) is 1.92. The molecule has 0 aliphatic heterocycles. The average Bonchev–Trinajstić information content (AvgIpc) is 2.06. The van der Waals surface area contributed by atoms with E-state index in [0.29, 0.717) is 0 Å². The Morgan fingerprint density at radius 3 is 2.36 bits per heavy atom. The number of nitrogens with zero attached hydrogens (tertiary/aromatic N) is 1. The van der Waals surface area contributed by atoms with Crippen LogP contribution in [0.2, 0.25) is 0 Å². The Hall–Kier alpha value is -0.580. The average molecular weight is 155 g/mol. The van der Waals surface area contributed by atoms with E-state index in [4.69, 9.17) is 5.26 Å². The number of hydrogen-bond donors (Lipinski definition) is 0. The van der Waals surface area contributed by atoms with Gasteiger partial charge in [0.1, 0.15) is 6.07 Å². The summed E-state index contributed by atoms with van der Waals surface area (Å²) < 4.78 is 13.3. The molecule has 0 aromatic heterocycles. The summed E-state index contributed by atoms with van der Waals surface area (Å²) >= 11 is 0. The zero-order valence-electron chi connectivity index (χ0n) is 6.94. The molecule has 1 rings (SSSR count). The largest absolute Gasteiger partial charge is 0.227 e. The van der Waals surface area contributed by atoms with Crippen LogP contribution in [0.5, 0.6) is 0 Å². The number of hydrogen-bond acceptors (Lipinski definition) is 1. The zero-order valence-corrected chi connectivity index (χ0v) is 6.94. The molecule has 1 atom stereocenters. The molecule has 1 aliphatic carbocycles. The van der Waals surface area contributed by atoms with Gasteiger partial charge in [0.05, 0.1) is 0 Å². The van der Waals surface area contributed by atoms with E-state index in [0.717, 1.165) is 25.7 Å². The van der Waals surface area contributed by atoms with Crippen LogP contribution in [-0.2, 0) is 0 Å². The molecule has 0 aromatic carbocycles. The monoisotopic (exact) mass is 155 g/mol. The number of rotatable bonds is 1. The van der Waals surface area contributed by atoms with E-state index in [-0.39, 0.29) is 5.92 Å². The maximum Gasteiger partial charge on any atom is 0.196 e. The van der Waals surface area contributed by atoms with Crippen molar-refractivity contribution in [3.63, 3.8) is 0 Å². The number of halogens is 1. The van der Waals surface area contributed by atoms with E-state index in [1.807, 2.05) is 0 Å². The van der Waals surface area contributed by atoms with Gasteiger partial charge in [0.15, 0.2) is 5.67 Å². The molecule has 0 aromatic rings. The van der Waals surface area contributed by atoms with Gasteiger partial charge in [0.2, 0.25) is 0 Å². The molecule has 62 valence electrons. The second kappa shape index (κ2) is 3.21. The first-order valence-electron chi connectivity index (χ1n) is 4.27. The van der Waals surface area contributed by atoms with Gasteiger partial charge >= 0.3 is 0 Å². The van der Waals surface area contributed by atoms with E-state index in [1.165, 1.54) is 13.3 Å². The van der Waals surface area contributed by atoms with Crippen molar-refractivity contribution in [2.45, 2.75) is 44.7 Å². The van der Waals surface area contributed by atoms with Gasteiger partial charge in [-0.05, 0) is 19.8 Å². The molecule has 0 amide bonds. The maximum absolute atomic E-state index is 13.3. The SMILES string of the molecule is C[C@](F)(C#N)C1CCCCC1. The topological polar surface area (TPSA) is 23.8 Å². The van der Waals surface area contributed by atoms with Crippen molar-refractivity contribution in [1.82, 2.24) is 0 Å². The predicted molar refractivity (Wildman–Crippen MR) is 41.7 cm³/mol. The fourth-order valence-corrected chi connectivity index (χ4v) is 1.74. The summed E-state index contributed by atoms with van der Waals surface area (Å²) in [6.45, 7) is 1.41. The van der Waals surface area contributed by atoms with Crippen LogP contribution >= 0.6 is 0 Å². The summed E-state index contributed by atoms with van der Waals surface area (Å²) in [4.78, 5) is 0. The molecule has 2 heteroatoms. The highest BCUT2D eigenvalue weighted by molar-refractivity contribution is 5.02. The van der Waals surface area contributed by atoms with E-state index < -0.39 is 5.67 Å². The van der Waals surface area contributed by atoms with Gasteiger partial charge < -0.3 is 0 Å². The fraction of sp³-hybridized carbons (Fsp3) is 0.889. The maximum atomic E-state index is 13.3. The normalized spacial score (nSPS) is 25.5. The minimum Gasteiger partial charge on any atom is -0.227 e. The van der Waals surface area contributed by atoms with Crippen molar-refractivity contribution in [2.24, 2.45) is 5.92 Å². The summed E-state index contributed by atoms with van der Waals surface area (Å²) in [6.07, 6.45) is 5.16. The zero-order chi connectivity index (χ0) is 8.32. The Kier molecular flexibility index (Phi) is 2.49. The van der Waals surface area contributed by atoms with Crippen molar-refractivity contribution < 1.29 is 4.39 Å². The van der Waals surface area contributed by atoms with Gasteiger partial charge in [-0.3, -0.25) is 0 Å². The fourth-order valence-electron chi connectivity index (χ4n) is 1.74. The van der Waals surface area contributed by atoms with Crippen molar-refractivity contribution >= 4 is 0 Å². The molecule has 0 spiro atoms. The van der Waals surface area contributed by atoms with Crippen molar-refractivity contribution in [1.29, 1.82) is 5.26 Å². The van der Waals surface area contributed by atoms with Crippen LogP contribution in [0, 0.1) is 17.2 Å². The summed E-state index contributed by atoms with van der Waals surface area (Å²) in [5.74, 6) is -0.0127. The lowest BCUT2D eigenvalue weighted by Gasteiger charge is -2.27. The van der Waals surface area contributed by atoms with Gasteiger partial charge in [0, 0.05) is 5.92 Å². The molecule has 1 aliphatic rings. The van der Waals surface area contributed by atoms with Crippen LogP contribution in [0.3, 0.4) is 0 Å². The third-order valence-corrected chi connectivity index (χ3v) is 2.59. The summed E-state index contributed by atoms with van der Waals surface area (Å²) in [5.41, 5.74) is -1.58. The number of alkyl halides is 1. The van der Waals surface area contributed by atoms with E-state index >= 15 is 0 Å². The van der Waals surface area contributed by atoms with Gasteiger partial charge in [-0.2, -0.15) is 5.26 Å². The van der Waals surface area contributed by atoms with Crippen LogP contribution in [0.4, 0.5) is 4.39 Å². The van der Waals surface area contributed by atoms with Gasteiger partial charge in [0.25, 0.3) is 0 Å². The van der Waals surface area contributed by atoms with E-state index in [2.05, 4.69) is 0 Å². The van der Waals surface area contributed by atoms with Crippen LogP contribution in [0.25, 0.3) is 0 Å². The highest BCUT2D eigenvalue weighted by Gasteiger charge is 2.34. The van der Waals surface area contributed by atoms with E-state index in [1.54, 1.807) is 6.07 Å². The summed E-state index contributed by atoms with van der Waals surface area (Å²) in [7, 11) is 0. The van der Waals surface area contributed by atoms with Crippen molar-refractivity contribution in [2.75, 3.05) is 0 Å². The Balaban J connectivity index is 2.52. The highest BCUT2D eigenvalue weighted by Crippen LogP contribution is 2.34. The molecular weight excluding hydrogens is 141 g/mol. The third-order valence-electron chi connectivity index (χ3n) is 2.59. The Bertz CT molecular complexity index is 163. The molecule has 0 unspecified atom stereocenters. The predicted octanol–water partition coefficient (Wildman–Crippen LogP) is 2.82. The van der Waals surface area contributed by atoms with E-state index in [9.17, 15) is 4.39 Å². The van der Waals surface area contributed by atoms with Crippen LogP contribution in [0.15, 0.2) is 0 Å². The number of nitriles is 1.